The molecule has 0 saturated heterocycles. The molecule has 0 aromatic rings. The first-order valence-electron chi connectivity index (χ1n) is 3.79. The van der Waals surface area contributed by atoms with E-state index in [9.17, 15) is 0 Å². The Kier molecular flexibility index (Phi) is 1.85. The van der Waals surface area contributed by atoms with Gasteiger partial charge in [-0.05, 0) is 24.7 Å². The van der Waals surface area contributed by atoms with Crippen LogP contribution in [0.25, 0.3) is 0 Å². The molecular weight excluding hydrogens is 124 g/mol. The van der Waals surface area contributed by atoms with Crippen LogP contribution in [-0.4, -0.2) is 6.04 Å². The number of nitriles is 1. The standard InChI is InChI=1S/C8H14N2/c1-8(2)4-3-7(5-8)10-6-9/h7,10H,3-5H2,1-2H3. The molecule has 1 unspecified atom stereocenters. The van der Waals surface area contributed by atoms with Crippen LogP contribution in [-0.2, 0) is 0 Å². The van der Waals surface area contributed by atoms with Gasteiger partial charge in [0.1, 0.15) is 0 Å². The van der Waals surface area contributed by atoms with Crippen molar-refractivity contribution in [3.05, 3.63) is 0 Å². The van der Waals surface area contributed by atoms with Gasteiger partial charge in [0, 0.05) is 6.04 Å². The molecule has 1 atom stereocenters. The third kappa shape index (κ3) is 1.63. The molecule has 2 nitrogen and oxygen atoms in total. The second-order valence-corrected chi connectivity index (χ2v) is 3.86. The summed E-state index contributed by atoms with van der Waals surface area (Å²) in [4.78, 5) is 0. The normalized spacial score (nSPS) is 29.5. The van der Waals surface area contributed by atoms with Gasteiger partial charge in [-0.1, -0.05) is 13.8 Å². The molecule has 0 bridgehead atoms. The minimum atomic E-state index is 0.444. The van der Waals surface area contributed by atoms with Gasteiger partial charge in [-0.25, -0.2) is 0 Å². The molecule has 0 spiro atoms. The van der Waals surface area contributed by atoms with Crippen molar-refractivity contribution in [2.75, 3.05) is 0 Å². The van der Waals surface area contributed by atoms with E-state index in [1.54, 1.807) is 0 Å². The molecule has 0 aromatic heterocycles. The molecule has 1 fully saturated rings. The summed E-state index contributed by atoms with van der Waals surface area (Å²) in [7, 11) is 0. The van der Waals surface area contributed by atoms with Crippen molar-refractivity contribution in [2.24, 2.45) is 5.41 Å². The van der Waals surface area contributed by atoms with Gasteiger partial charge in [0.05, 0.1) is 0 Å². The molecule has 1 saturated carbocycles. The predicted octanol–water partition coefficient (Wildman–Crippen LogP) is 1.64. The molecule has 1 rings (SSSR count). The summed E-state index contributed by atoms with van der Waals surface area (Å²) in [5.41, 5.74) is 0.453. The van der Waals surface area contributed by atoms with Crippen LogP contribution in [0.1, 0.15) is 33.1 Å². The van der Waals surface area contributed by atoms with E-state index in [4.69, 9.17) is 5.26 Å². The zero-order valence-electron chi connectivity index (χ0n) is 6.65. The Morgan fingerprint density at radius 3 is 2.70 bits per heavy atom. The lowest BCUT2D eigenvalue weighted by Gasteiger charge is -2.15. The molecule has 1 aliphatic rings. The number of nitrogens with zero attached hydrogens (tertiary/aromatic N) is 1. The Hall–Kier alpha value is -0.710. The van der Waals surface area contributed by atoms with Crippen LogP contribution in [0.2, 0.25) is 0 Å². The van der Waals surface area contributed by atoms with Crippen LogP contribution < -0.4 is 5.32 Å². The zero-order chi connectivity index (χ0) is 7.61. The minimum Gasteiger partial charge on any atom is -0.321 e. The van der Waals surface area contributed by atoms with Gasteiger partial charge < -0.3 is 5.32 Å². The Bertz CT molecular complexity index is 155. The highest BCUT2D eigenvalue weighted by Crippen LogP contribution is 2.36. The molecular formula is C8H14N2. The van der Waals surface area contributed by atoms with E-state index in [0.717, 1.165) is 12.8 Å². The van der Waals surface area contributed by atoms with Crippen LogP contribution in [0.5, 0.6) is 0 Å². The number of hydrogen-bond donors (Lipinski definition) is 1. The summed E-state index contributed by atoms with van der Waals surface area (Å²) in [5, 5.41) is 11.1. The lowest BCUT2D eigenvalue weighted by Crippen LogP contribution is -2.22. The third-order valence-corrected chi connectivity index (χ3v) is 2.24. The summed E-state index contributed by atoms with van der Waals surface area (Å²) in [5.74, 6) is 0. The first-order chi connectivity index (χ1) is 4.64. The monoisotopic (exact) mass is 138 g/mol. The summed E-state index contributed by atoms with van der Waals surface area (Å²) in [6.07, 6.45) is 5.53. The molecule has 10 heavy (non-hydrogen) atoms. The molecule has 0 aromatic carbocycles. The smallest absolute Gasteiger partial charge is 0.176 e. The van der Waals surface area contributed by atoms with Crippen molar-refractivity contribution in [1.29, 1.82) is 5.26 Å². The van der Waals surface area contributed by atoms with Gasteiger partial charge in [0.2, 0.25) is 0 Å². The topological polar surface area (TPSA) is 35.8 Å². The SMILES string of the molecule is CC1(C)CCC(NC#N)C1. The molecule has 1 aliphatic carbocycles. The van der Waals surface area contributed by atoms with Gasteiger partial charge in [-0.3, -0.25) is 0 Å². The number of nitrogens with one attached hydrogen (secondary N) is 1. The fourth-order valence-corrected chi connectivity index (χ4v) is 1.65. The summed E-state index contributed by atoms with van der Waals surface area (Å²) < 4.78 is 0. The van der Waals surface area contributed by atoms with Gasteiger partial charge >= 0.3 is 0 Å². The zero-order valence-corrected chi connectivity index (χ0v) is 6.65. The second-order valence-electron chi connectivity index (χ2n) is 3.86. The van der Waals surface area contributed by atoms with E-state index in [2.05, 4.69) is 19.2 Å². The Morgan fingerprint density at radius 1 is 1.60 bits per heavy atom. The van der Waals surface area contributed by atoms with Crippen LogP contribution >= 0.6 is 0 Å². The second kappa shape index (κ2) is 2.49. The minimum absolute atomic E-state index is 0.444. The van der Waals surface area contributed by atoms with Gasteiger partial charge in [0.25, 0.3) is 0 Å². The molecule has 1 N–H and O–H groups in total. The van der Waals surface area contributed by atoms with E-state index >= 15 is 0 Å². The first kappa shape index (κ1) is 7.40. The highest BCUT2D eigenvalue weighted by atomic mass is 14.9. The number of rotatable bonds is 1. The van der Waals surface area contributed by atoms with Crippen molar-refractivity contribution in [2.45, 2.75) is 39.2 Å². The summed E-state index contributed by atoms with van der Waals surface area (Å²) >= 11 is 0. The van der Waals surface area contributed by atoms with Crippen molar-refractivity contribution >= 4 is 0 Å². The fourth-order valence-electron chi connectivity index (χ4n) is 1.65. The van der Waals surface area contributed by atoms with Crippen molar-refractivity contribution < 1.29 is 0 Å². The van der Waals surface area contributed by atoms with Crippen LogP contribution in [0, 0.1) is 16.9 Å². The van der Waals surface area contributed by atoms with E-state index in [-0.39, 0.29) is 0 Å². The van der Waals surface area contributed by atoms with Crippen molar-refractivity contribution in [3.63, 3.8) is 0 Å². The highest BCUT2D eigenvalue weighted by molar-refractivity contribution is 4.89. The van der Waals surface area contributed by atoms with E-state index in [1.807, 2.05) is 6.19 Å². The van der Waals surface area contributed by atoms with Gasteiger partial charge in [0.15, 0.2) is 6.19 Å². The maximum Gasteiger partial charge on any atom is 0.176 e. The lowest BCUT2D eigenvalue weighted by molar-refractivity contribution is 0.371. The molecule has 56 valence electrons. The maximum atomic E-state index is 8.34. The lowest BCUT2D eigenvalue weighted by atomic mass is 9.92. The molecule has 0 aliphatic heterocycles. The van der Waals surface area contributed by atoms with Gasteiger partial charge in [-0.15, -0.1) is 0 Å². The highest BCUT2D eigenvalue weighted by Gasteiger charge is 2.30. The Balaban J connectivity index is 2.38. The van der Waals surface area contributed by atoms with Crippen LogP contribution in [0.3, 0.4) is 0 Å². The molecule has 0 amide bonds. The predicted molar refractivity (Wildman–Crippen MR) is 40.2 cm³/mol. The van der Waals surface area contributed by atoms with Crippen molar-refractivity contribution in [1.82, 2.24) is 5.32 Å². The molecule has 0 radical (unpaired) electrons. The molecule has 0 heterocycles. The van der Waals surface area contributed by atoms with Crippen LogP contribution in [0.15, 0.2) is 0 Å². The summed E-state index contributed by atoms with van der Waals surface area (Å²) in [6, 6.07) is 0.444. The third-order valence-electron chi connectivity index (χ3n) is 2.24. The fraction of sp³-hybridized carbons (Fsp3) is 0.875. The first-order valence-corrected chi connectivity index (χ1v) is 3.79. The quantitative estimate of drug-likeness (QED) is 0.441. The maximum absolute atomic E-state index is 8.34. The van der Waals surface area contributed by atoms with E-state index in [1.165, 1.54) is 6.42 Å². The van der Waals surface area contributed by atoms with Gasteiger partial charge in [-0.2, -0.15) is 5.26 Å². The largest absolute Gasteiger partial charge is 0.321 e. The Labute approximate surface area is 62.2 Å². The number of hydrogen-bond acceptors (Lipinski definition) is 2. The van der Waals surface area contributed by atoms with Crippen LogP contribution in [0.4, 0.5) is 0 Å². The average molecular weight is 138 g/mol. The van der Waals surface area contributed by atoms with E-state index < -0.39 is 0 Å². The summed E-state index contributed by atoms with van der Waals surface area (Å²) in [6.45, 7) is 4.51. The van der Waals surface area contributed by atoms with E-state index in [0.29, 0.717) is 11.5 Å². The van der Waals surface area contributed by atoms with Crippen molar-refractivity contribution in [3.8, 4) is 6.19 Å². The average Bonchev–Trinajstić information content (AvgIpc) is 2.12. The Morgan fingerprint density at radius 2 is 2.30 bits per heavy atom. The molecule has 2 heteroatoms.